The van der Waals surface area contributed by atoms with Crippen molar-refractivity contribution in [1.29, 1.82) is 0 Å². The van der Waals surface area contributed by atoms with Gasteiger partial charge in [-0.2, -0.15) is 13.2 Å². The average molecular weight is 482 g/mol. The van der Waals surface area contributed by atoms with E-state index in [9.17, 15) is 22.8 Å². The number of nitrogens with zero attached hydrogens (tertiary/aromatic N) is 2. The molecule has 1 amide bonds. The third-order valence-electron chi connectivity index (χ3n) is 4.91. The van der Waals surface area contributed by atoms with Crippen molar-refractivity contribution in [1.82, 2.24) is 10.2 Å². The Hall–Kier alpha value is -2.75. The summed E-state index contributed by atoms with van der Waals surface area (Å²) in [5, 5.41) is 5.15. The summed E-state index contributed by atoms with van der Waals surface area (Å²) in [6, 6.07) is 3.84. The highest BCUT2D eigenvalue weighted by Crippen LogP contribution is 2.45. The smallest absolute Gasteiger partial charge is 0.416 e. The molecule has 0 aromatic heterocycles. The number of halogens is 3. The number of carbonyl (C=O) groups is 2. The molecule has 2 aliphatic heterocycles. The van der Waals surface area contributed by atoms with Crippen LogP contribution in [0.5, 0.6) is 0 Å². The van der Waals surface area contributed by atoms with Crippen LogP contribution in [-0.2, 0) is 20.5 Å². The number of thioether (sulfide) groups is 1. The highest BCUT2D eigenvalue weighted by Gasteiger charge is 2.41. The molecule has 1 N–H and O–H groups in total. The van der Waals surface area contributed by atoms with Gasteiger partial charge < -0.3 is 15.0 Å². The highest BCUT2D eigenvalue weighted by molar-refractivity contribution is 8.16. The van der Waals surface area contributed by atoms with Crippen molar-refractivity contribution in [2.75, 3.05) is 0 Å². The van der Waals surface area contributed by atoms with Crippen molar-refractivity contribution in [3.63, 3.8) is 0 Å². The van der Waals surface area contributed by atoms with Gasteiger partial charge in [-0.05, 0) is 57.7 Å². The minimum Gasteiger partial charge on any atom is -0.459 e. The summed E-state index contributed by atoms with van der Waals surface area (Å²) < 4.78 is 44.8. The molecular formula is C23H26F3N3O3S. The van der Waals surface area contributed by atoms with Gasteiger partial charge in [0.15, 0.2) is 5.17 Å². The van der Waals surface area contributed by atoms with Crippen LogP contribution in [0.3, 0.4) is 0 Å². The Morgan fingerprint density at radius 1 is 1.18 bits per heavy atom. The molecule has 3 rings (SSSR count). The van der Waals surface area contributed by atoms with Gasteiger partial charge in [0, 0.05) is 11.7 Å². The lowest BCUT2D eigenvalue weighted by atomic mass is 9.93. The van der Waals surface area contributed by atoms with Gasteiger partial charge in [-0.1, -0.05) is 23.9 Å². The predicted molar refractivity (Wildman–Crippen MR) is 121 cm³/mol. The molecule has 6 nitrogen and oxygen atoms in total. The van der Waals surface area contributed by atoms with Crippen LogP contribution in [-0.4, -0.2) is 34.1 Å². The Balaban J connectivity index is 2.05. The van der Waals surface area contributed by atoms with Gasteiger partial charge in [0.2, 0.25) is 5.91 Å². The first kappa shape index (κ1) is 24.9. The Morgan fingerprint density at radius 3 is 2.36 bits per heavy atom. The summed E-state index contributed by atoms with van der Waals surface area (Å²) in [6.45, 7) is 8.79. The fraction of sp³-hybridized carbons (Fsp3) is 0.435. The van der Waals surface area contributed by atoms with Gasteiger partial charge in [0.25, 0.3) is 0 Å². The molecule has 0 saturated carbocycles. The maximum Gasteiger partial charge on any atom is 0.416 e. The number of fused-ring (bicyclic) bond motifs is 1. The Labute approximate surface area is 195 Å². The molecule has 0 aliphatic carbocycles. The van der Waals surface area contributed by atoms with Crippen LogP contribution in [0, 0.1) is 0 Å². The molecule has 0 radical (unpaired) electrons. The normalized spacial score (nSPS) is 18.4. The lowest BCUT2D eigenvalue weighted by molar-refractivity contribution is -0.143. The third kappa shape index (κ3) is 5.61. The quantitative estimate of drug-likeness (QED) is 0.570. The summed E-state index contributed by atoms with van der Waals surface area (Å²) in [6.07, 6.45) is -4.84. The van der Waals surface area contributed by atoms with Gasteiger partial charge >= 0.3 is 12.1 Å². The van der Waals surface area contributed by atoms with Gasteiger partial charge in [-0.25, -0.2) is 9.79 Å². The van der Waals surface area contributed by atoms with E-state index in [-0.39, 0.29) is 23.9 Å². The van der Waals surface area contributed by atoms with Crippen LogP contribution in [0.25, 0.3) is 0 Å². The minimum atomic E-state index is -4.48. The molecule has 2 aliphatic rings. The van der Waals surface area contributed by atoms with Crippen LogP contribution in [0.4, 0.5) is 13.2 Å². The van der Waals surface area contributed by atoms with E-state index in [1.54, 1.807) is 31.1 Å². The third-order valence-corrected chi connectivity index (χ3v) is 5.80. The lowest BCUT2D eigenvalue weighted by Gasteiger charge is -2.36. The number of carbonyl (C=O) groups excluding carboxylic acids is 2. The number of allylic oxidation sites excluding steroid dienone is 1. The number of rotatable bonds is 6. The van der Waals surface area contributed by atoms with Crippen molar-refractivity contribution in [2.45, 2.75) is 65.4 Å². The highest BCUT2D eigenvalue weighted by atomic mass is 32.2. The van der Waals surface area contributed by atoms with Crippen molar-refractivity contribution in [3.05, 3.63) is 57.8 Å². The number of hydrogen-bond donors (Lipinski definition) is 1. The SMILES string of the molecule is CC1=C(C(=O)OC(C)C)C(c2ccc(C(F)(F)F)cc2)N2C(CC(=O)NC(C)C)=CSC2=N1. The summed E-state index contributed by atoms with van der Waals surface area (Å²) >= 11 is 1.30. The Bertz CT molecular complexity index is 1030. The van der Waals surface area contributed by atoms with Crippen LogP contribution in [0.15, 0.2) is 51.6 Å². The maximum absolute atomic E-state index is 13.1. The zero-order chi connectivity index (χ0) is 24.5. The molecule has 1 unspecified atom stereocenters. The van der Waals surface area contributed by atoms with Crippen molar-refractivity contribution in [2.24, 2.45) is 4.99 Å². The number of amides is 1. The molecule has 33 heavy (non-hydrogen) atoms. The standard InChI is InChI=1S/C23H26F3N3O3S/c1-12(2)27-18(30)10-17-11-33-22-28-14(5)19(21(31)32-13(3)4)20(29(17)22)15-6-8-16(9-7-15)23(24,25)26/h6-9,11-13,20H,10H2,1-5H3,(H,27,30). The molecule has 0 saturated heterocycles. The van der Waals surface area contributed by atoms with Crippen LogP contribution in [0.1, 0.15) is 58.2 Å². The number of ether oxygens (including phenoxy) is 1. The largest absolute Gasteiger partial charge is 0.459 e. The summed E-state index contributed by atoms with van der Waals surface area (Å²) in [5.41, 5.74) is 0.925. The molecule has 2 heterocycles. The number of amidine groups is 1. The zero-order valence-electron chi connectivity index (χ0n) is 19.0. The van der Waals surface area contributed by atoms with Crippen LogP contribution in [0.2, 0.25) is 0 Å². The number of aliphatic imine (C=N–C) groups is 1. The molecule has 0 spiro atoms. The number of alkyl halides is 3. The summed E-state index contributed by atoms with van der Waals surface area (Å²) in [5.74, 6) is -0.806. The monoisotopic (exact) mass is 481 g/mol. The van der Waals surface area contributed by atoms with E-state index in [0.29, 0.717) is 22.1 Å². The van der Waals surface area contributed by atoms with E-state index in [4.69, 9.17) is 4.74 Å². The van der Waals surface area contributed by atoms with Crippen LogP contribution < -0.4 is 5.32 Å². The molecule has 178 valence electrons. The van der Waals surface area contributed by atoms with E-state index in [2.05, 4.69) is 10.3 Å². The number of hydrogen-bond acceptors (Lipinski definition) is 6. The van der Waals surface area contributed by atoms with Gasteiger partial charge in [-0.3, -0.25) is 4.79 Å². The second kappa shape index (κ2) is 9.62. The first-order chi connectivity index (χ1) is 15.4. The van der Waals surface area contributed by atoms with Crippen molar-refractivity contribution < 1.29 is 27.5 Å². The molecule has 0 bridgehead atoms. The molecule has 1 aromatic rings. The van der Waals surface area contributed by atoms with E-state index >= 15 is 0 Å². The molecular weight excluding hydrogens is 455 g/mol. The van der Waals surface area contributed by atoms with E-state index in [1.165, 1.54) is 23.9 Å². The van der Waals surface area contributed by atoms with Gasteiger partial charge in [0.05, 0.1) is 35.4 Å². The van der Waals surface area contributed by atoms with E-state index < -0.39 is 29.9 Å². The van der Waals surface area contributed by atoms with Crippen molar-refractivity contribution in [3.8, 4) is 0 Å². The second-order valence-electron chi connectivity index (χ2n) is 8.37. The van der Waals surface area contributed by atoms with Crippen LogP contribution >= 0.6 is 11.8 Å². The average Bonchev–Trinajstić information content (AvgIpc) is 3.07. The molecule has 10 heteroatoms. The number of nitrogens with one attached hydrogen (secondary N) is 1. The molecule has 1 aromatic carbocycles. The zero-order valence-corrected chi connectivity index (χ0v) is 19.8. The number of benzene rings is 1. The topological polar surface area (TPSA) is 71.0 Å². The fourth-order valence-corrected chi connectivity index (χ4v) is 4.58. The summed E-state index contributed by atoms with van der Waals surface area (Å²) in [4.78, 5) is 31.7. The second-order valence-corrected chi connectivity index (χ2v) is 9.20. The first-order valence-corrected chi connectivity index (χ1v) is 11.4. The maximum atomic E-state index is 13.1. The minimum absolute atomic E-state index is 0.0346. The lowest BCUT2D eigenvalue weighted by Crippen LogP contribution is -2.39. The summed E-state index contributed by atoms with van der Waals surface area (Å²) in [7, 11) is 0. The molecule has 0 fully saturated rings. The Kier molecular flexibility index (Phi) is 7.26. The first-order valence-electron chi connectivity index (χ1n) is 10.5. The Morgan fingerprint density at radius 2 is 1.82 bits per heavy atom. The molecule has 1 atom stereocenters. The van der Waals surface area contributed by atoms with E-state index in [1.807, 2.05) is 13.8 Å². The fourth-order valence-electron chi connectivity index (χ4n) is 3.62. The van der Waals surface area contributed by atoms with Gasteiger partial charge in [-0.15, -0.1) is 0 Å². The van der Waals surface area contributed by atoms with E-state index in [0.717, 1.165) is 12.1 Å². The van der Waals surface area contributed by atoms with Crippen molar-refractivity contribution >= 4 is 28.8 Å². The van der Waals surface area contributed by atoms with Gasteiger partial charge in [0.1, 0.15) is 0 Å². The predicted octanol–water partition coefficient (Wildman–Crippen LogP) is 5.15. The number of esters is 1.